The van der Waals surface area contributed by atoms with E-state index in [1.54, 1.807) is 37.3 Å². The highest BCUT2D eigenvalue weighted by Gasteiger charge is 2.39. The molecule has 3 aromatic rings. The Morgan fingerprint density at radius 2 is 1.78 bits per heavy atom. The van der Waals surface area contributed by atoms with E-state index in [9.17, 15) is 14.4 Å². The van der Waals surface area contributed by atoms with Crippen LogP contribution < -0.4 is 31.2 Å². The van der Waals surface area contributed by atoms with Crippen molar-refractivity contribution in [3.8, 4) is 11.5 Å². The number of nitrogens with zero attached hydrogens (tertiary/aromatic N) is 2. The number of hydrogen-bond acceptors (Lipinski definition) is 9. The van der Waals surface area contributed by atoms with Crippen molar-refractivity contribution in [1.82, 2.24) is 9.69 Å². The second-order valence-corrected chi connectivity index (χ2v) is 9.72. The number of carbonyl (C=O) groups excluding carboxylic acids is 3. The molecule has 0 saturated heterocycles. The molecule has 2 heterocycles. The van der Waals surface area contributed by atoms with Crippen molar-refractivity contribution in [2.24, 2.45) is 5.73 Å². The summed E-state index contributed by atoms with van der Waals surface area (Å²) in [4.78, 5) is 40.6. The Balaban J connectivity index is 2.27. The van der Waals surface area contributed by atoms with E-state index in [1.807, 2.05) is 20.8 Å². The zero-order valence-corrected chi connectivity index (χ0v) is 21.7. The van der Waals surface area contributed by atoms with Crippen LogP contribution in [0.15, 0.2) is 34.7 Å². The van der Waals surface area contributed by atoms with Crippen LogP contribution in [0.3, 0.4) is 0 Å². The molecule has 3 amide bonds. The van der Waals surface area contributed by atoms with E-state index in [-0.39, 0.29) is 27.7 Å². The Morgan fingerprint density at radius 1 is 1.11 bits per heavy atom. The molecule has 0 aliphatic carbocycles. The lowest BCUT2D eigenvalue weighted by atomic mass is 10.0. The third kappa shape index (κ3) is 5.43. The molecule has 0 aliphatic rings. The van der Waals surface area contributed by atoms with Gasteiger partial charge in [-0.05, 0) is 63.5 Å². The average Bonchev–Trinajstić information content (AvgIpc) is 3.40. The molecule has 3 rings (SSSR count). The number of rotatable bonds is 8. The fourth-order valence-corrected chi connectivity index (χ4v) is 4.25. The molecule has 12 heteroatoms. The van der Waals surface area contributed by atoms with Crippen molar-refractivity contribution in [3.63, 3.8) is 0 Å². The number of anilines is 2. The standard InChI is InChI=1S/C24H29N5O6S/c1-12-7-9-15(35-12)19(22(31)27-24(2,3)4)29(13-8-10-14(33-5)16(11-13)34-6)23(32)20-17(25)18(21(26)30)28-36-20/h7-11,19H,25H2,1-6H3,(H2,26,30)(H,27,31). The van der Waals surface area contributed by atoms with E-state index in [4.69, 9.17) is 25.4 Å². The number of nitrogen functional groups attached to an aromatic ring is 1. The molecule has 1 unspecified atom stereocenters. The van der Waals surface area contributed by atoms with Crippen LogP contribution in [0.2, 0.25) is 0 Å². The Hall–Kier alpha value is -4.06. The number of aryl methyl sites for hydroxylation is 1. The van der Waals surface area contributed by atoms with Gasteiger partial charge < -0.3 is 30.7 Å². The maximum Gasteiger partial charge on any atom is 0.273 e. The second-order valence-electron chi connectivity index (χ2n) is 8.94. The Morgan fingerprint density at radius 3 is 2.28 bits per heavy atom. The van der Waals surface area contributed by atoms with Gasteiger partial charge in [0.25, 0.3) is 17.7 Å². The van der Waals surface area contributed by atoms with Gasteiger partial charge in [0.05, 0.1) is 19.9 Å². The van der Waals surface area contributed by atoms with Gasteiger partial charge in [-0.3, -0.25) is 19.3 Å². The highest BCUT2D eigenvalue weighted by atomic mass is 32.1. The van der Waals surface area contributed by atoms with E-state index < -0.39 is 29.3 Å². The first-order chi connectivity index (χ1) is 16.9. The van der Waals surface area contributed by atoms with Gasteiger partial charge in [0.15, 0.2) is 23.2 Å². The van der Waals surface area contributed by atoms with Crippen LogP contribution in [-0.2, 0) is 4.79 Å². The number of primary amides is 1. The number of methoxy groups -OCH3 is 2. The molecular weight excluding hydrogens is 486 g/mol. The molecular formula is C24H29N5O6S. The van der Waals surface area contributed by atoms with Gasteiger partial charge >= 0.3 is 0 Å². The minimum Gasteiger partial charge on any atom is -0.493 e. The summed E-state index contributed by atoms with van der Waals surface area (Å²) in [5.74, 6) is -0.544. The maximum atomic E-state index is 14.0. The van der Waals surface area contributed by atoms with Gasteiger partial charge in [0.1, 0.15) is 16.4 Å². The number of amides is 3. The molecule has 2 aromatic heterocycles. The normalized spacial score (nSPS) is 12.1. The number of hydrogen-bond donors (Lipinski definition) is 3. The van der Waals surface area contributed by atoms with Crippen LogP contribution in [0.25, 0.3) is 0 Å². The SMILES string of the molecule is COc1ccc(N(C(=O)c2snc(C(N)=O)c2N)C(C(=O)NC(C)(C)C)c2ccc(C)o2)cc1OC. The first-order valence-corrected chi connectivity index (χ1v) is 11.6. The summed E-state index contributed by atoms with van der Waals surface area (Å²) < 4.78 is 20.5. The fraction of sp³-hybridized carbons (Fsp3) is 0.333. The molecule has 0 radical (unpaired) electrons. The topological polar surface area (TPSA) is 163 Å². The Labute approximate surface area is 212 Å². The van der Waals surface area contributed by atoms with E-state index in [0.29, 0.717) is 28.8 Å². The predicted octanol–water partition coefficient (Wildman–Crippen LogP) is 3.05. The third-order valence-corrected chi connectivity index (χ3v) is 5.91. The highest BCUT2D eigenvalue weighted by molar-refractivity contribution is 7.09. The first-order valence-electron chi connectivity index (χ1n) is 10.9. The Bertz CT molecular complexity index is 1290. The van der Waals surface area contributed by atoms with Crippen LogP contribution >= 0.6 is 11.5 Å². The molecule has 1 aromatic carbocycles. The largest absolute Gasteiger partial charge is 0.493 e. The van der Waals surface area contributed by atoms with Crippen LogP contribution in [0.4, 0.5) is 11.4 Å². The summed E-state index contributed by atoms with van der Waals surface area (Å²) in [5.41, 5.74) is 10.7. The first kappa shape index (κ1) is 26.5. The molecule has 0 aliphatic heterocycles. The Kier molecular flexibility index (Phi) is 7.58. The van der Waals surface area contributed by atoms with Crippen LogP contribution in [-0.4, -0.2) is 41.9 Å². The van der Waals surface area contributed by atoms with Crippen LogP contribution in [0, 0.1) is 6.92 Å². The van der Waals surface area contributed by atoms with E-state index in [2.05, 4.69) is 9.69 Å². The van der Waals surface area contributed by atoms with Gasteiger partial charge in [-0.1, -0.05) is 0 Å². The van der Waals surface area contributed by atoms with E-state index in [1.165, 1.54) is 19.1 Å². The average molecular weight is 516 g/mol. The van der Waals surface area contributed by atoms with E-state index >= 15 is 0 Å². The van der Waals surface area contributed by atoms with Gasteiger partial charge in [0, 0.05) is 17.3 Å². The van der Waals surface area contributed by atoms with E-state index in [0.717, 1.165) is 0 Å². The molecule has 11 nitrogen and oxygen atoms in total. The van der Waals surface area contributed by atoms with Gasteiger partial charge in [0.2, 0.25) is 0 Å². The zero-order valence-electron chi connectivity index (χ0n) is 20.9. The molecule has 1 atom stereocenters. The second kappa shape index (κ2) is 10.3. The maximum absolute atomic E-state index is 14.0. The molecule has 36 heavy (non-hydrogen) atoms. The molecule has 5 N–H and O–H groups in total. The smallest absolute Gasteiger partial charge is 0.273 e. The lowest BCUT2D eigenvalue weighted by molar-refractivity contribution is -0.124. The number of nitrogens with two attached hydrogens (primary N) is 2. The van der Waals surface area contributed by atoms with Crippen molar-refractivity contribution in [2.75, 3.05) is 24.9 Å². The number of furan rings is 1. The van der Waals surface area contributed by atoms with Crippen LogP contribution in [0.1, 0.15) is 58.5 Å². The van der Waals surface area contributed by atoms with Gasteiger partial charge in [-0.15, -0.1) is 0 Å². The zero-order chi connectivity index (χ0) is 26.8. The summed E-state index contributed by atoms with van der Waals surface area (Å²) in [5, 5.41) is 2.91. The molecule has 0 bridgehead atoms. The van der Waals surface area contributed by atoms with Crippen molar-refractivity contribution in [2.45, 2.75) is 39.3 Å². The van der Waals surface area contributed by atoms with Crippen LogP contribution in [0.5, 0.6) is 11.5 Å². The number of carbonyl (C=O) groups is 3. The van der Waals surface area contributed by atoms with Crippen molar-refractivity contribution < 1.29 is 28.3 Å². The lowest BCUT2D eigenvalue weighted by Gasteiger charge is -2.32. The summed E-state index contributed by atoms with van der Waals surface area (Å²) >= 11 is 0.711. The number of aromatic nitrogens is 1. The van der Waals surface area contributed by atoms with Crippen molar-refractivity contribution >= 4 is 40.6 Å². The summed E-state index contributed by atoms with van der Waals surface area (Å²) in [6, 6.07) is 6.81. The molecule has 192 valence electrons. The third-order valence-electron chi connectivity index (χ3n) is 5.06. The molecule has 0 fully saturated rings. The number of nitrogens with one attached hydrogen (secondary N) is 1. The molecule has 0 spiro atoms. The van der Waals surface area contributed by atoms with Gasteiger partial charge in [-0.25, -0.2) is 0 Å². The monoisotopic (exact) mass is 515 g/mol. The highest BCUT2D eigenvalue weighted by Crippen LogP contribution is 2.38. The summed E-state index contributed by atoms with van der Waals surface area (Å²) in [7, 11) is 2.93. The lowest BCUT2D eigenvalue weighted by Crippen LogP contribution is -2.49. The summed E-state index contributed by atoms with van der Waals surface area (Å²) in [6.07, 6.45) is 0. The van der Waals surface area contributed by atoms with Crippen molar-refractivity contribution in [1.29, 1.82) is 0 Å². The quantitative estimate of drug-likeness (QED) is 0.412. The number of benzene rings is 1. The fourth-order valence-electron chi connectivity index (χ4n) is 3.51. The summed E-state index contributed by atoms with van der Waals surface area (Å²) in [6.45, 7) is 7.18. The van der Waals surface area contributed by atoms with Gasteiger partial charge in [-0.2, -0.15) is 4.37 Å². The molecule has 0 saturated carbocycles. The predicted molar refractivity (Wildman–Crippen MR) is 135 cm³/mol. The van der Waals surface area contributed by atoms with Crippen molar-refractivity contribution in [3.05, 3.63) is 52.4 Å². The minimum atomic E-state index is -1.25. The number of ether oxygens (including phenoxy) is 2. The minimum absolute atomic E-state index is 0.0598.